The summed E-state index contributed by atoms with van der Waals surface area (Å²) in [5.74, 6) is 0. The van der Waals surface area contributed by atoms with Gasteiger partial charge in [0.05, 0.1) is 37.8 Å². The van der Waals surface area contributed by atoms with E-state index in [0.29, 0.717) is 6.04 Å². The van der Waals surface area contributed by atoms with Gasteiger partial charge < -0.3 is 29.9 Å². The standard InChI is InChI=1S/C21H32N4O3/c26-21(22-17-4-2-1-3-5-17)23-19-7-6-18(24-8-12-27-13-9-24)16-20(19)25-10-14-28-15-11-25/h6-7,16-17H,1-5,8-15H2,(H2,22,23,26). The number of nitrogens with zero attached hydrogens (tertiary/aromatic N) is 2. The number of hydrogen-bond acceptors (Lipinski definition) is 5. The summed E-state index contributed by atoms with van der Waals surface area (Å²) < 4.78 is 11.0. The lowest BCUT2D eigenvalue weighted by molar-refractivity contribution is 0.122. The second kappa shape index (κ2) is 9.47. The van der Waals surface area contributed by atoms with Crippen LogP contribution in [0.2, 0.25) is 0 Å². The van der Waals surface area contributed by atoms with Gasteiger partial charge in [0.1, 0.15) is 0 Å². The molecule has 0 bridgehead atoms. The highest BCUT2D eigenvalue weighted by atomic mass is 16.5. The van der Waals surface area contributed by atoms with Gasteiger partial charge in [-0.2, -0.15) is 0 Å². The zero-order valence-electron chi connectivity index (χ0n) is 16.6. The number of hydrogen-bond donors (Lipinski definition) is 2. The Kier molecular flexibility index (Phi) is 6.54. The highest BCUT2D eigenvalue weighted by Crippen LogP contribution is 2.32. The Morgan fingerprint density at radius 3 is 2.21 bits per heavy atom. The molecule has 1 saturated carbocycles. The number of benzene rings is 1. The summed E-state index contributed by atoms with van der Waals surface area (Å²) in [4.78, 5) is 17.3. The van der Waals surface area contributed by atoms with E-state index in [2.05, 4.69) is 32.6 Å². The van der Waals surface area contributed by atoms with Crippen molar-refractivity contribution < 1.29 is 14.3 Å². The van der Waals surface area contributed by atoms with Crippen LogP contribution in [0.5, 0.6) is 0 Å². The Balaban J connectivity index is 1.49. The number of urea groups is 1. The summed E-state index contributed by atoms with van der Waals surface area (Å²) in [5, 5.41) is 6.26. The topological polar surface area (TPSA) is 66.1 Å². The van der Waals surface area contributed by atoms with Crippen molar-refractivity contribution in [3.63, 3.8) is 0 Å². The van der Waals surface area contributed by atoms with Crippen molar-refractivity contribution in [1.29, 1.82) is 0 Å². The Morgan fingerprint density at radius 1 is 0.893 bits per heavy atom. The molecule has 0 spiro atoms. The average Bonchev–Trinajstić information content (AvgIpc) is 2.76. The fourth-order valence-electron chi connectivity index (χ4n) is 4.30. The summed E-state index contributed by atoms with van der Waals surface area (Å²) in [6.45, 7) is 6.43. The van der Waals surface area contributed by atoms with E-state index in [4.69, 9.17) is 9.47 Å². The molecule has 1 aromatic rings. The third-order valence-electron chi connectivity index (χ3n) is 5.90. The number of carbonyl (C=O) groups excluding carboxylic acids is 1. The lowest BCUT2D eigenvalue weighted by Gasteiger charge is -2.33. The summed E-state index contributed by atoms with van der Waals surface area (Å²) >= 11 is 0. The summed E-state index contributed by atoms with van der Waals surface area (Å²) in [7, 11) is 0. The second-order valence-electron chi connectivity index (χ2n) is 7.83. The van der Waals surface area contributed by atoms with Crippen LogP contribution in [0.3, 0.4) is 0 Å². The fraction of sp³-hybridized carbons (Fsp3) is 0.667. The molecule has 28 heavy (non-hydrogen) atoms. The molecular formula is C21H32N4O3. The molecule has 154 valence electrons. The van der Waals surface area contributed by atoms with Gasteiger partial charge in [-0.1, -0.05) is 19.3 Å². The van der Waals surface area contributed by atoms with Gasteiger partial charge in [-0.15, -0.1) is 0 Å². The number of carbonyl (C=O) groups is 1. The van der Waals surface area contributed by atoms with Crippen molar-refractivity contribution >= 4 is 23.1 Å². The maximum atomic E-state index is 12.6. The lowest BCUT2D eigenvalue weighted by atomic mass is 9.96. The van der Waals surface area contributed by atoms with Crippen LogP contribution >= 0.6 is 0 Å². The molecule has 2 heterocycles. The maximum absolute atomic E-state index is 12.6. The molecule has 2 N–H and O–H groups in total. The molecule has 0 unspecified atom stereocenters. The van der Waals surface area contributed by atoms with Gasteiger partial charge in [-0.05, 0) is 31.0 Å². The zero-order chi connectivity index (χ0) is 19.2. The highest BCUT2D eigenvalue weighted by Gasteiger charge is 2.21. The first-order valence-corrected chi connectivity index (χ1v) is 10.7. The van der Waals surface area contributed by atoms with Crippen LogP contribution in [0.15, 0.2) is 18.2 Å². The molecule has 1 aliphatic carbocycles. The van der Waals surface area contributed by atoms with Crippen LogP contribution in [0.4, 0.5) is 21.9 Å². The van der Waals surface area contributed by atoms with Gasteiger partial charge in [-0.25, -0.2) is 4.79 Å². The molecule has 4 rings (SSSR count). The maximum Gasteiger partial charge on any atom is 0.319 e. The minimum atomic E-state index is -0.0967. The van der Waals surface area contributed by atoms with Crippen molar-refractivity contribution in [3.8, 4) is 0 Å². The smallest absolute Gasteiger partial charge is 0.319 e. The number of ether oxygens (including phenoxy) is 2. The van der Waals surface area contributed by atoms with E-state index in [1.54, 1.807) is 0 Å². The second-order valence-corrected chi connectivity index (χ2v) is 7.83. The monoisotopic (exact) mass is 388 g/mol. The first-order chi connectivity index (χ1) is 13.8. The highest BCUT2D eigenvalue weighted by molar-refractivity contribution is 5.94. The minimum Gasteiger partial charge on any atom is -0.378 e. The molecule has 0 atom stereocenters. The Bertz CT molecular complexity index is 651. The number of anilines is 3. The number of amides is 2. The number of nitrogens with one attached hydrogen (secondary N) is 2. The van der Waals surface area contributed by atoms with E-state index >= 15 is 0 Å². The normalized spacial score (nSPS) is 21.4. The van der Waals surface area contributed by atoms with Crippen molar-refractivity contribution in [2.24, 2.45) is 0 Å². The predicted octanol–water partition coefficient (Wildman–Crippen LogP) is 2.81. The third kappa shape index (κ3) is 4.89. The van der Waals surface area contributed by atoms with Crippen molar-refractivity contribution in [2.75, 3.05) is 67.7 Å². The van der Waals surface area contributed by atoms with Crippen molar-refractivity contribution in [1.82, 2.24) is 5.32 Å². The first-order valence-electron chi connectivity index (χ1n) is 10.7. The third-order valence-corrected chi connectivity index (χ3v) is 5.90. The Hall–Kier alpha value is -1.99. The van der Waals surface area contributed by atoms with E-state index in [1.165, 1.54) is 24.9 Å². The van der Waals surface area contributed by atoms with Gasteiger partial charge in [0, 0.05) is 37.9 Å². The van der Waals surface area contributed by atoms with Gasteiger partial charge in [0.25, 0.3) is 0 Å². The van der Waals surface area contributed by atoms with Crippen LogP contribution < -0.4 is 20.4 Å². The Labute approximate surface area is 167 Å². The molecular weight excluding hydrogens is 356 g/mol. The fourth-order valence-corrected chi connectivity index (χ4v) is 4.30. The van der Waals surface area contributed by atoms with E-state index in [-0.39, 0.29) is 6.03 Å². The first kappa shape index (κ1) is 19.3. The molecule has 0 aromatic heterocycles. The molecule has 1 aromatic carbocycles. The van der Waals surface area contributed by atoms with Crippen molar-refractivity contribution in [3.05, 3.63) is 18.2 Å². The molecule has 3 fully saturated rings. The van der Waals surface area contributed by atoms with E-state index in [1.807, 2.05) is 6.07 Å². The van der Waals surface area contributed by atoms with Gasteiger partial charge in [-0.3, -0.25) is 0 Å². The number of rotatable bonds is 4. The van der Waals surface area contributed by atoms with Gasteiger partial charge >= 0.3 is 6.03 Å². The van der Waals surface area contributed by atoms with Crippen LogP contribution in [-0.4, -0.2) is 64.7 Å². The summed E-state index contributed by atoms with van der Waals surface area (Å²) in [6.07, 6.45) is 5.86. The molecule has 3 aliphatic rings. The van der Waals surface area contributed by atoms with Crippen LogP contribution in [0, 0.1) is 0 Å². The predicted molar refractivity (Wildman–Crippen MR) is 112 cm³/mol. The van der Waals surface area contributed by atoms with Crippen LogP contribution in [0.25, 0.3) is 0 Å². The lowest BCUT2D eigenvalue weighted by Crippen LogP contribution is -2.40. The van der Waals surface area contributed by atoms with Crippen molar-refractivity contribution in [2.45, 2.75) is 38.1 Å². The van der Waals surface area contributed by atoms with E-state index in [9.17, 15) is 4.79 Å². The average molecular weight is 389 g/mol. The molecule has 7 heteroatoms. The molecule has 2 amide bonds. The van der Waals surface area contributed by atoms with E-state index < -0.39 is 0 Å². The Morgan fingerprint density at radius 2 is 1.54 bits per heavy atom. The molecule has 7 nitrogen and oxygen atoms in total. The SMILES string of the molecule is O=C(Nc1ccc(N2CCOCC2)cc1N1CCOCC1)NC1CCCCC1. The zero-order valence-corrected chi connectivity index (χ0v) is 16.6. The van der Waals surface area contributed by atoms with Crippen LogP contribution in [0.1, 0.15) is 32.1 Å². The van der Waals surface area contributed by atoms with Crippen LogP contribution in [-0.2, 0) is 9.47 Å². The van der Waals surface area contributed by atoms with E-state index in [0.717, 1.165) is 76.8 Å². The summed E-state index contributed by atoms with van der Waals surface area (Å²) in [6, 6.07) is 6.54. The molecule has 2 aliphatic heterocycles. The van der Waals surface area contributed by atoms with Gasteiger partial charge in [0.2, 0.25) is 0 Å². The summed E-state index contributed by atoms with van der Waals surface area (Å²) in [5.41, 5.74) is 3.13. The molecule has 2 saturated heterocycles. The largest absolute Gasteiger partial charge is 0.378 e. The quantitative estimate of drug-likeness (QED) is 0.830. The molecule has 0 radical (unpaired) electrons. The minimum absolute atomic E-state index is 0.0967. The number of morpholine rings is 2. The van der Waals surface area contributed by atoms with Gasteiger partial charge in [0.15, 0.2) is 0 Å².